The van der Waals surface area contributed by atoms with E-state index in [-0.39, 0.29) is 29.1 Å². The van der Waals surface area contributed by atoms with E-state index in [0.717, 1.165) is 38.5 Å². The van der Waals surface area contributed by atoms with E-state index in [0.29, 0.717) is 17.8 Å². The molecule has 22 heavy (non-hydrogen) atoms. The Morgan fingerprint density at radius 2 is 1.82 bits per heavy atom. The van der Waals surface area contributed by atoms with Gasteiger partial charge in [-0.3, -0.25) is 4.79 Å². The summed E-state index contributed by atoms with van der Waals surface area (Å²) in [5.74, 6) is 1.75. The fraction of sp³-hybridized carbons (Fsp3) is 0.842. The Hall–Kier alpha value is -0.670. The lowest BCUT2D eigenvalue weighted by molar-refractivity contribution is -0.129. The molecule has 0 amide bonds. The predicted molar refractivity (Wildman–Crippen MR) is 84.1 cm³/mol. The average Bonchev–Trinajstić information content (AvgIpc) is 2.77. The van der Waals surface area contributed by atoms with Crippen LogP contribution in [-0.2, 0) is 4.79 Å². The van der Waals surface area contributed by atoms with Crippen molar-refractivity contribution in [1.29, 1.82) is 0 Å². The Labute approximate surface area is 132 Å². The number of ketones is 1. The average molecular weight is 304 g/mol. The van der Waals surface area contributed by atoms with Crippen LogP contribution in [0.25, 0.3) is 0 Å². The first-order valence-corrected chi connectivity index (χ1v) is 8.97. The molecular weight excluding hydrogens is 276 g/mol. The van der Waals surface area contributed by atoms with Gasteiger partial charge in [-0.05, 0) is 67.8 Å². The van der Waals surface area contributed by atoms with Crippen LogP contribution < -0.4 is 0 Å². The molecule has 0 bridgehead atoms. The van der Waals surface area contributed by atoms with Crippen LogP contribution in [0.4, 0.5) is 0 Å². The molecule has 0 aromatic carbocycles. The van der Waals surface area contributed by atoms with Gasteiger partial charge in [0.15, 0.2) is 5.78 Å². The molecule has 3 fully saturated rings. The van der Waals surface area contributed by atoms with Gasteiger partial charge < -0.3 is 10.2 Å². The highest BCUT2D eigenvalue weighted by Gasteiger charge is 2.60. The zero-order chi connectivity index (χ0) is 15.7. The third-order valence-electron chi connectivity index (χ3n) is 8.02. The molecule has 3 heteroatoms. The van der Waals surface area contributed by atoms with Gasteiger partial charge in [0.2, 0.25) is 0 Å². The lowest BCUT2D eigenvalue weighted by Gasteiger charge is -2.58. The van der Waals surface area contributed by atoms with E-state index in [9.17, 15) is 15.0 Å². The summed E-state index contributed by atoms with van der Waals surface area (Å²) in [6.45, 7) is 4.47. The number of rotatable bonds is 0. The van der Waals surface area contributed by atoms with E-state index < -0.39 is 6.10 Å². The van der Waals surface area contributed by atoms with Crippen molar-refractivity contribution in [2.24, 2.45) is 28.6 Å². The maximum absolute atomic E-state index is 11.8. The van der Waals surface area contributed by atoms with Crippen LogP contribution in [0.5, 0.6) is 0 Å². The molecule has 4 aliphatic carbocycles. The molecule has 3 nitrogen and oxygen atoms in total. The third kappa shape index (κ3) is 1.73. The molecule has 7 atom stereocenters. The minimum absolute atomic E-state index is 0.0776. The van der Waals surface area contributed by atoms with Crippen molar-refractivity contribution in [3.05, 3.63) is 11.6 Å². The van der Waals surface area contributed by atoms with Crippen molar-refractivity contribution >= 4 is 5.78 Å². The molecule has 0 aromatic rings. The van der Waals surface area contributed by atoms with Crippen molar-refractivity contribution in [3.63, 3.8) is 0 Å². The van der Waals surface area contributed by atoms with Gasteiger partial charge in [0.25, 0.3) is 0 Å². The Morgan fingerprint density at radius 3 is 2.59 bits per heavy atom. The maximum atomic E-state index is 11.8. The summed E-state index contributed by atoms with van der Waals surface area (Å²) in [6.07, 6.45) is 7.71. The van der Waals surface area contributed by atoms with E-state index in [4.69, 9.17) is 0 Å². The summed E-state index contributed by atoms with van der Waals surface area (Å²) in [6, 6.07) is 0. The van der Waals surface area contributed by atoms with Crippen molar-refractivity contribution in [2.45, 2.75) is 71.0 Å². The van der Waals surface area contributed by atoms with Gasteiger partial charge in [0.05, 0.1) is 12.2 Å². The number of aliphatic hydroxyl groups is 2. The summed E-state index contributed by atoms with van der Waals surface area (Å²) < 4.78 is 0. The molecule has 0 aliphatic heterocycles. The summed E-state index contributed by atoms with van der Waals surface area (Å²) in [5.41, 5.74) is 1.06. The van der Waals surface area contributed by atoms with Gasteiger partial charge in [0.1, 0.15) is 0 Å². The molecule has 4 aliphatic rings. The normalized spacial score (nSPS) is 54.3. The molecule has 0 radical (unpaired) electrons. The molecule has 0 aromatic heterocycles. The standard InChI is InChI=1S/C19H28O3/c1-18-8-7-15-13(14(18)5-6-16(18)21)4-3-11-9-12(20)10-17(22)19(11,15)2/h9,13-17,21-22H,3-8,10H2,1-2H3/t13-,14?,15?,16-,17+,18-,19-/m0/s1. The largest absolute Gasteiger partial charge is 0.393 e. The molecule has 122 valence electrons. The van der Waals surface area contributed by atoms with Crippen LogP contribution in [0.1, 0.15) is 58.8 Å². The third-order valence-corrected chi connectivity index (χ3v) is 8.02. The van der Waals surface area contributed by atoms with Gasteiger partial charge in [-0.1, -0.05) is 19.4 Å². The summed E-state index contributed by atoms with van der Waals surface area (Å²) >= 11 is 0. The fourth-order valence-corrected chi connectivity index (χ4v) is 6.58. The topological polar surface area (TPSA) is 57.5 Å². The highest BCUT2D eigenvalue weighted by Crippen LogP contribution is 2.65. The smallest absolute Gasteiger partial charge is 0.158 e. The highest BCUT2D eigenvalue weighted by atomic mass is 16.3. The number of fused-ring (bicyclic) bond motifs is 5. The van der Waals surface area contributed by atoms with Crippen LogP contribution in [0.3, 0.4) is 0 Å². The lowest BCUT2D eigenvalue weighted by Crippen LogP contribution is -2.55. The Kier molecular flexibility index (Phi) is 3.16. The molecule has 0 spiro atoms. The second-order valence-electron chi connectivity index (χ2n) is 8.69. The van der Waals surface area contributed by atoms with Gasteiger partial charge in [-0.25, -0.2) is 0 Å². The number of carbonyl (C=O) groups excluding carboxylic acids is 1. The number of hydrogen-bond donors (Lipinski definition) is 2. The van der Waals surface area contributed by atoms with Crippen LogP contribution in [-0.4, -0.2) is 28.2 Å². The zero-order valence-electron chi connectivity index (χ0n) is 13.7. The van der Waals surface area contributed by atoms with Crippen molar-refractivity contribution in [3.8, 4) is 0 Å². The van der Waals surface area contributed by atoms with Crippen LogP contribution in [0.2, 0.25) is 0 Å². The van der Waals surface area contributed by atoms with Crippen LogP contribution >= 0.6 is 0 Å². The maximum Gasteiger partial charge on any atom is 0.158 e. The molecule has 2 unspecified atom stereocenters. The van der Waals surface area contributed by atoms with Crippen LogP contribution in [0.15, 0.2) is 11.6 Å². The zero-order valence-corrected chi connectivity index (χ0v) is 13.7. The summed E-state index contributed by atoms with van der Waals surface area (Å²) in [7, 11) is 0. The minimum Gasteiger partial charge on any atom is -0.393 e. The van der Waals surface area contributed by atoms with E-state index in [1.165, 1.54) is 5.57 Å². The number of hydrogen-bond acceptors (Lipinski definition) is 3. The second-order valence-corrected chi connectivity index (χ2v) is 8.69. The van der Waals surface area contributed by atoms with E-state index in [1.807, 2.05) is 6.08 Å². The summed E-state index contributed by atoms with van der Waals surface area (Å²) in [4.78, 5) is 11.8. The SMILES string of the molecule is C[C@]12CCC3[C@@H](CCC4=CC(=O)C[C@@H](O)[C@@]43C)C1CC[C@@H]2O. The molecule has 3 saturated carbocycles. The first kappa shape index (κ1) is 14.9. The van der Waals surface area contributed by atoms with Gasteiger partial charge >= 0.3 is 0 Å². The van der Waals surface area contributed by atoms with E-state index >= 15 is 0 Å². The summed E-state index contributed by atoms with van der Waals surface area (Å²) in [5, 5.41) is 21.2. The fourth-order valence-electron chi connectivity index (χ4n) is 6.58. The molecule has 0 heterocycles. The van der Waals surface area contributed by atoms with Crippen molar-refractivity contribution in [1.82, 2.24) is 0 Å². The first-order chi connectivity index (χ1) is 10.4. The Morgan fingerprint density at radius 1 is 1.05 bits per heavy atom. The van der Waals surface area contributed by atoms with Crippen molar-refractivity contribution in [2.75, 3.05) is 0 Å². The number of aliphatic hydroxyl groups excluding tert-OH is 2. The quantitative estimate of drug-likeness (QED) is 0.723. The molecule has 2 N–H and O–H groups in total. The molecule has 0 saturated heterocycles. The predicted octanol–water partition coefficient (Wildman–Crippen LogP) is 2.85. The van der Waals surface area contributed by atoms with Gasteiger partial charge in [-0.2, -0.15) is 0 Å². The number of carbonyl (C=O) groups is 1. The van der Waals surface area contributed by atoms with Crippen LogP contribution in [0, 0.1) is 28.6 Å². The monoisotopic (exact) mass is 304 g/mol. The Bertz CT molecular complexity index is 539. The highest BCUT2D eigenvalue weighted by molar-refractivity contribution is 5.92. The molecule has 4 rings (SSSR count). The Balaban J connectivity index is 1.72. The first-order valence-electron chi connectivity index (χ1n) is 8.97. The molecular formula is C19H28O3. The van der Waals surface area contributed by atoms with E-state index in [1.54, 1.807) is 0 Å². The van der Waals surface area contributed by atoms with Crippen molar-refractivity contribution < 1.29 is 15.0 Å². The minimum atomic E-state index is -0.525. The lowest BCUT2D eigenvalue weighted by atomic mass is 9.47. The van der Waals surface area contributed by atoms with E-state index in [2.05, 4.69) is 13.8 Å². The van der Waals surface area contributed by atoms with Gasteiger partial charge in [0, 0.05) is 11.8 Å². The van der Waals surface area contributed by atoms with Gasteiger partial charge in [-0.15, -0.1) is 0 Å². The second kappa shape index (κ2) is 4.67.